The van der Waals surface area contributed by atoms with E-state index in [9.17, 15) is 9.59 Å². The third kappa shape index (κ3) is 3.70. The normalized spacial score (nSPS) is 18.9. The second-order valence-electron chi connectivity index (χ2n) is 4.78. The predicted molar refractivity (Wildman–Crippen MR) is 69.0 cm³/mol. The van der Waals surface area contributed by atoms with Gasteiger partial charge in [0.05, 0.1) is 31.9 Å². The highest BCUT2D eigenvalue weighted by molar-refractivity contribution is 5.74. The molecule has 0 aromatic carbocycles. The van der Waals surface area contributed by atoms with E-state index < -0.39 is 12.1 Å². The average Bonchev–Trinajstić information content (AvgIpc) is 2.90. The number of rotatable bonds is 4. The van der Waals surface area contributed by atoms with Crippen molar-refractivity contribution in [1.29, 1.82) is 0 Å². The topological polar surface area (TPSA) is 98.8 Å². The summed E-state index contributed by atoms with van der Waals surface area (Å²) in [4.78, 5) is 26.2. The second kappa shape index (κ2) is 6.38. The van der Waals surface area contributed by atoms with Crippen LogP contribution in [0.15, 0.2) is 12.4 Å². The highest BCUT2D eigenvalue weighted by Crippen LogP contribution is 2.12. The summed E-state index contributed by atoms with van der Waals surface area (Å²) in [6.45, 7) is 1.60. The molecule has 2 N–H and O–H groups in total. The Hall–Kier alpha value is -2.09. The Morgan fingerprint density at radius 1 is 1.65 bits per heavy atom. The second-order valence-corrected chi connectivity index (χ2v) is 4.78. The number of aromatic amines is 1. The van der Waals surface area contributed by atoms with Crippen molar-refractivity contribution in [2.45, 2.75) is 19.1 Å². The summed E-state index contributed by atoms with van der Waals surface area (Å²) in [5.41, 5.74) is 0.913. The number of hydrogen-bond donors (Lipinski definition) is 2. The average molecular weight is 282 g/mol. The summed E-state index contributed by atoms with van der Waals surface area (Å²) in [6.07, 6.45) is 2.87. The molecule has 0 radical (unpaired) electrons. The molecule has 1 unspecified atom stereocenters. The number of amides is 2. The fraction of sp³-hybridized carbons (Fsp3) is 0.583. The minimum Gasteiger partial charge on any atom is -0.481 e. The van der Waals surface area contributed by atoms with Gasteiger partial charge in [-0.2, -0.15) is 5.10 Å². The van der Waals surface area contributed by atoms with Gasteiger partial charge in [-0.15, -0.1) is 0 Å². The van der Waals surface area contributed by atoms with Crippen molar-refractivity contribution < 1.29 is 19.4 Å². The van der Waals surface area contributed by atoms with Crippen LogP contribution in [0.3, 0.4) is 0 Å². The number of hydrogen-bond acceptors (Lipinski definition) is 4. The molecule has 110 valence electrons. The van der Waals surface area contributed by atoms with Gasteiger partial charge in [0, 0.05) is 31.9 Å². The molecule has 1 aromatic rings. The largest absolute Gasteiger partial charge is 0.481 e. The summed E-state index contributed by atoms with van der Waals surface area (Å²) in [7, 11) is 1.71. The van der Waals surface area contributed by atoms with E-state index in [4.69, 9.17) is 9.84 Å². The molecular weight excluding hydrogens is 264 g/mol. The van der Waals surface area contributed by atoms with Gasteiger partial charge in [0.15, 0.2) is 0 Å². The van der Waals surface area contributed by atoms with Gasteiger partial charge in [-0.25, -0.2) is 4.79 Å². The monoisotopic (exact) mass is 282 g/mol. The third-order valence-electron chi connectivity index (χ3n) is 3.11. The number of carboxylic acid groups (broad SMARTS) is 1. The van der Waals surface area contributed by atoms with Crippen LogP contribution in [0.5, 0.6) is 0 Å². The highest BCUT2D eigenvalue weighted by atomic mass is 16.5. The Bertz CT molecular complexity index is 462. The molecule has 1 atom stereocenters. The standard InChI is InChI=1S/C12H18N4O4/c1-15(7-9-5-13-14-6-9)12(19)16-2-3-20-10(8-16)4-11(17)18/h5-6,10H,2-4,7-8H2,1H3,(H,13,14)(H,17,18). The number of aromatic nitrogens is 2. The molecule has 1 saturated heterocycles. The van der Waals surface area contributed by atoms with Crippen LogP contribution < -0.4 is 0 Å². The van der Waals surface area contributed by atoms with E-state index in [1.54, 1.807) is 29.2 Å². The lowest BCUT2D eigenvalue weighted by Gasteiger charge is -2.34. The maximum Gasteiger partial charge on any atom is 0.320 e. The quantitative estimate of drug-likeness (QED) is 0.818. The Morgan fingerprint density at radius 2 is 2.45 bits per heavy atom. The van der Waals surface area contributed by atoms with Gasteiger partial charge in [0.2, 0.25) is 0 Å². The molecule has 0 aliphatic carbocycles. The fourth-order valence-electron chi connectivity index (χ4n) is 2.16. The van der Waals surface area contributed by atoms with E-state index in [2.05, 4.69) is 10.2 Å². The number of aliphatic carboxylic acids is 1. The molecule has 8 heteroatoms. The van der Waals surface area contributed by atoms with Crippen LogP contribution in [0.4, 0.5) is 4.79 Å². The van der Waals surface area contributed by atoms with Crippen LogP contribution in [-0.4, -0.2) is 70.0 Å². The number of urea groups is 1. The Labute approximate surface area is 116 Å². The smallest absolute Gasteiger partial charge is 0.320 e. The number of ether oxygens (including phenoxy) is 1. The first-order valence-electron chi connectivity index (χ1n) is 6.37. The van der Waals surface area contributed by atoms with Crippen LogP contribution in [0.1, 0.15) is 12.0 Å². The van der Waals surface area contributed by atoms with E-state index in [-0.39, 0.29) is 12.5 Å². The molecule has 0 spiro atoms. The van der Waals surface area contributed by atoms with Crippen molar-refractivity contribution in [1.82, 2.24) is 20.0 Å². The summed E-state index contributed by atoms with van der Waals surface area (Å²) in [6, 6.07) is -0.134. The zero-order valence-electron chi connectivity index (χ0n) is 11.3. The molecule has 1 aliphatic rings. The lowest BCUT2D eigenvalue weighted by molar-refractivity contribution is -0.141. The van der Waals surface area contributed by atoms with Gasteiger partial charge >= 0.3 is 12.0 Å². The minimum atomic E-state index is -0.920. The number of morpholine rings is 1. The van der Waals surface area contributed by atoms with E-state index in [0.717, 1.165) is 5.56 Å². The molecule has 0 bridgehead atoms. The lowest BCUT2D eigenvalue weighted by atomic mass is 10.2. The Balaban J connectivity index is 1.89. The number of nitrogens with one attached hydrogen (secondary N) is 1. The molecule has 2 rings (SSSR count). The number of H-pyrrole nitrogens is 1. The van der Waals surface area contributed by atoms with Gasteiger partial charge in [0.1, 0.15) is 0 Å². The number of nitrogens with zero attached hydrogens (tertiary/aromatic N) is 3. The first kappa shape index (κ1) is 14.3. The van der Waals surface area contributed by atoms with Crippen LogP contribution in [0.2, 0.25) is 0 Å². The molecule has 2 amide bonds. The van der Waals surface area contributed by atoms with Crippen LogP contribution in [0.25, 0.3) is 0 Å². The van der Waals surface area contributed by atoms with Gasteiger partial charge < -0.3 is 19.6 Å². The van der Waals surface area contributed by atoms with Gasteiger partial charge in [-0.1, -0.05) is 0 Å². The highest BCUT2D eigenvalue weighted by Gasteiger charge is 2.27. The zero-order valence-corrected chi connectivity index (χ0v) is 11.3. The SMILES string of the molecule is CN(Cc1cn[nH]c1)C(=O)N1CCOC(CC(=O)O)C1. The van der Waals surface area contributed by atoms with E-state index in [0.29, 0.717) is 26.2 Å². The van der Waals surface area contributed by atoms with Crippen LogP contribution in [-0.2, 0) is 16.1 Å². The van der Waals surface area contributed by atoms with Crippen molar-refractivity contribution in [2.75, 3.05) is 26.7 Å². The number of carboxylic acids is 1. The Morgan fingerprint density at radius 3 is 3.10 bits per heavy atom. The van der Waals surface area contributed by atoms with E-state index >= 15 is 0 Å². The van der Waals surface area contributed by atoms with Crippen molar-refractivity contribution >= 4 is 12.0 Å². The van der Waals surface area contributed by atoms with Gasteiger partial charge in [0.25, 0.3) is 0 Å². The molecule has 1 aliphatic heterocycles. The van der Waals surface area contributed by atoms with Crippen molar-refractivity contribution in [3.05, 3.63) is 18.0 Å². The van der Waals surface area contributed by atoms with Gasteiger partial charge in [-0.05, 0) is 0 Å². The van der Waals surface area contributed by atoms with Crippen molar-refractivity contribution in [2.24, 2.45) is 0 Å². The third-order valence-corrected chi connectivity index (χ3v) is 3.11. The lowest BCUT2D eigenvalue weighted by Crippen LogP contribution is -2.50. The summed E-state index contributed by atoms with van der Waals surface area (Å²) in [5.74, 6) is -0.920. The first-order valence-corrected chi connectivity index (χ1v) is 6.37. The maximum atomic E-state index is 12.3. The summed E-state index contributed by atoms with van der Waals surface area (Å²) >= 11 is 0. The van der Waals surface area contributed by atoms with E-state index in [1.165, 1.54) is 0 Å². The van der Waals surface area contributed by atoms with Crippen molar-refractivity contribution in [3.63, 3.8) is 0 Å². The molecule has 20 heavy (non-hydrogen) atoms. The molecule has 1 fully saturated rings. The number of carbonyl (C=O) groups excluding carboxylic acids is 1. The number of carbonyl (C=O) groups is 2. The molecule has 8 nitrogen and oxygen atoms in total. The Kier molecular flexibility index (Phi) is 4.57. The zero-order chi connectivity index (χ0) is 14.5. The first-order chi connectivity index (χ1) is 9.56. The predicted octanol–water partition coefficient (Wildman–Crippen LogP) is 0.137. The van der Waals surface area contributed by atoms with Crippen LogP contribution in [0, 0.1) is 0 Å². The summed E-state index contributed by atoms with van der Waals surface area (Å²) in [5, 5.41) is 15.3. The van der Waals surface area contributed by atoms with Crippen molar-refractivity contribution in [3.8, 4) is 0 Å². The molecular formula is C12H18N4O4. The molecule has 2 heterocycles. The summed E-state index contributed by atoms with van der Waals surface area (Å²) < 4.78 is 5.35. The fourth-order valence-corrected chi connectivity index (χ4v) is 2.16. The van der Waals surface area contributed by atoms with Gasteiger partial charge in [-0.3, -0.25) is 9.89 Å². The molecule has 0 saturated carbocycles. The van der Waals surface area contributed by atoms with Crippen LogP contribution >= 0.6 is 0 Å². The maximum absolute atomic E-state index is 12.3. The minimum absolute atomic E-state index is 0.0881. The van der Waals surface area contributed by atoms with E-state index in [1.807, 2.05) is 0 Å². The molecule has 1 aromatic heterocycles.